The number of phenolic OH excluding ortho intramolecular Hbond substituents is 1. The standard InChI is InChI=1S/C22H18N4O5S/c27-14-8-9-17-16(11-14)24-20(25-32(17,30)31)18-19(28)15-7-4-10-23-21(15)26(22(18)29)12-13-5-2-1-3-6-13/h1-11,27-28,30-31H,12H2,(H,24,25). The molecule has 2 aromatic carbocycles. The maximum atomic E-state index is 13.5. The molecule has 4 aromatic rings. The first kappa shape index (κ1) is 20.1. The summed E-state index contributed by atoms with van der Waals surface area (Å²) >= 11 is 0. The number of pyridine rings is 2. The Kier molecular flexibility index (Phi) is 4.63. The van der Waals surface area contributed by atoms with Crippen LogP contribution in [0.2, 0.25) is 0 Å². The lowest BCUT2D eigenvalue weighted by molar-refractivity contribution is 0.473. The van der Waals surface area contributed by atoms with Crippen LogP contribution in [-0.4, -0.2) is 34.7 Å². The second kappa shape index (κ2) is 7.38. The third-order valence-electron chi connectivity index (χ3n) is 5.14. The molecule has 0 fully saturated rings. The van der Waals surface area contributed by atoms with Gasteiger partial charge in [-0.2, -0.15) is 0 Å². The van der Waals surface area contributed by atoms with E-state index in [4.69, 9.17) is 0 Å². The molecule has 5 rings (SSSR count). The largest absolute Gasteiger partial charge is 0.508 e. The van der Waals surface area contributed by atoms with Gasteiger partial charge in [-0.05, 0) is 29.8 Å². The molecule has 0 aliphatic carbocycles. The second-order valence-electron chi connectivity index (χ2n) is 7.24. The lowest BCUT2D eigenvalue weighted by atomic mass is 10.1. The van der Waals surface area contributed by atoms with E-state index in [0.717, 1.165) is 5.56 Å². The van der Waals surface area contributed by atoms with E-state index in [-0.39, 0.29) is 45.7 Å². The van der Waals surface area contributed by atoms with E-state index in [2.05, 4.69) is 14.7 Å². The number of nitrogens with one attached hydrogen (secondary N) is 1. The maximum Gasteiger partial charge on any atom is 0.267 e. The van der Waals surface area contributed by atoms with Crippen molar-refractivity contribution in [3.8, 4) is 11.5 Å². The number of amidine groups is 1. The molecule has 0 atom stereocenters. The van der Waals surface area contributed by atoms with Gasteiger partial charge in [0.15, 0.2) is 5.84 Å². The van der Waals surface area contributed by atoms with Gasteiger partial charge >= 0.3 is 0 Å². The molecule has 0 spiro atoms. The van der Waals surface area contributed by atoms with Crippen molar-refractivity contribution in [2.45, 2.75) is 11.4 Å². The Bertz CT molecular complexity index is 1450. The first-order valence-corrected chi connectivity index (χ1v) is 11.1. The van der Waals surface area contributed by atoms with Gasteiger partial charge in [0.25, 0.3) is 5.56 Å². The summed E-state index contributed by atoms with van der Waals surface area (Å²) in [5, 5.41) is 23.9. The van der Waals surface area contributed by atoms with E-state index >= 15 is 0 Å². The minimum absolute atomic E-state index is 0.0746. The predicted octanol–water partition coefficient (Wildman–Crippen LogP) is 3.75. The topological polar surface area (TPSA) is 140 Å². The molecule has 0 radical (unpaired) electrons. The van der Waals surface area contributed by atoms with Crippen LogP contribution in [-0.2, 0) is 6.54 Å². The van der Waals surface area contributed by atoms with Crippen LogP contribution in [0.1, 0.15) is 11.1 Å². The first-order chi connectivity index (χ1) is 15.3. The normalized spacial score (nSPS) is 15.5. The number of benzene rings is 2. The van der Waals surface area contributed by atoms with Crippen LogP contribution in [0.4, 0.5) is 5.69 Å². The number of phenols is 1. The highest BCUT2D eigenvalue weighted by Crippen LogP contribution is 2.56. The van der Waals surface area contributed by atoms with Gasteiger partial charge in [-0.3, -0.25) is 18.5 Å². The van der Waals surface area contributed by atoms with Crippen molar-refractivity contribution >= 4 is 33.3 Å². The molecule has 10 heteroatoms. The summed E-state index contributed by atoms with van der Waals surface area (Å²) in [4.78, 5) is 17.9. The summed E-state index contributed by atoms with van der Waals surface area (Å²) in [6.07, 6.45) is 1.52. The molecule has 32 heavy (non-hydrogen) atoms. The van der Waals surface area contributed by atoms with E-state index in [1.165, 1.54) is 29.0 Å². The molecule has 0 bridgehead atoms. The van der Waals surface area contributed by atoms with Crippen LogP contribution in [0.3, 0.4) is 0 Å². The predicted molar refractivity (Wildman–Crippen MR) is 123 cm³/mol. The summed E-state index contributed by atoms with van der Waals surface area (Å²) in [6, 6.07) is 16.5. The van der Waals surface area contributed by atoms with Gasteiger partial charge in [0.1, 0.15) is 27.6 Å². The fourth-order valence-electron chi connectivity index (χ4n) is 3.68. The lowest BCUT2D eigenvalue weighted by Gasteiger charge is -2.34. The number of anilines is 1. The van der Waals surface area contributed by atoms with Crippen LogP contribution in [0.25, 0.3) is 11.0 Å². The van der Waals surface area contributed by atoms with Gasteiger partial charge in [-0.15, -0.1) is 4.40 Å². The highest BCUT2D eigenvalue weighted by Gasteiger charge is 2.30. The van der Waals surface area contributed by atoms with Crippen LogP contribution < -0.4 is 10.9 Å². The van der Waals surface area contributed by atoms with Crippen LogP contribution in [0.5, 0.6) is 11.5 Å². The number of fused-ring (bicyclic) bond motifs is 2. The number of rotatable bonds is 3. The third kappa shape index (κ3) is 3.26. The minimum atomic E-state index is -3.68. The molecule has 1 aliphatic rings. The first-order valence-electron chi connectivity index (χ1n) is 9.58. The molecule has 1 aliphatic heterocycles. The third-order valence-corrected chi connectivity index (χ3v) is 6.53. The summed E-state index contributed by atoms with van der Waals surface area (Å²) in [5.74, 6) is -0.702. The van der Waals surface area contributed by atoms with Gasteiger partial charge in [0.2, 0.25) is 0 Å². The van der Waals surface area contributed by atoms with Gasteiger partial charge in [-0.1, -0.05) is 41.1 Å². The van der Waals surface area contributed by atoms with Gasteiger partial charge in [0, 0.05) is 12.3 Å². The smallest absolute Gasteiger partial charge is 0.267 e. The zero-order chi connectivity index (χ0) is 22.5. The Labute approximate surface area is 183 Å². The van der Waals surface area contributed by atoms with Crippen molar-refractivity contribution in [3.63, 3.8) is 0 Å². The average Bonchev–Trinajstić information content (AvgIpc) is 2.76. The second-order valence-corrected chi connectivity index (χ2v) is 8.90. The molecule has 0 saturated carbocycles. The molecule has 0 amide bonds. The number of aromatic hydroxyl groups is 2. The molecule has 3 heterocycles. The SMILES string of the molecule is O=c1c(C2=NS(O)(O)c3ccc(O)cc3N2)c(O)c2cccnc2n1Cc1ccccc1. The van der Waals surface area contributed by atoms with Crippen LogP contribution in [0.15, 0.2) is 80.9 Å². The molecular formula is C22H18N4O5S. The van der Waals surface area contributed by atoms with Crippen molar-refractivity contribution in [2.75, 3.05) is 5.32 Å². The fourth-order valence-corrected chi connectivity index (χ4v) is 4.83. The Morgan fingerprint density at radius 3 is 2.56 bits per heavy atom. The molecule has 2 aromatic heterocycles. The average molecular weight is 450 g/mol. The number of hydrogen-bond acceptors (Lipinski definition) is 8. The van der Waals surface area contributed by atoms with E-state index in [1.807, 2.05) is 30.3 Å². The zero-order valence-corrected chi connectivity index (χ0v) is 17.3. The molecule has 162 valence electrons. The van der Waals surface area contributed by atoms with E-state index in [0.29, 0.717) is 5.39 Å². The van der Waals surface area contributed by atoms with Crippen molar-refractivity contribution in [2.24, 2.45) is 4.40 Å². The van der Waals surface area contributed by atoms with Gasteiger partial charge in [-0.25, -0.2) is 4.98 Å². The van der Waals surface area contributed by atoms with E-state index in [9.17, 15) is 24.1 Å². The van der Waals surface area contributed by atoms with Gasteiger partial charge in [0.05, 0.1) is 17.6 Å². The Hall–Kier alpha value is -3.86. The minimum Gasteiger partial charge on any atom is -0.508 e. The summed E-state index contributed by atoms with van der Waals surface area (Å²) < 4.78 is 26.5. The van der Waals surface area contributed by atoms with Crippen molar-refractivity contribution in [1.82, 2.24) is 9.55 Å². The van der Waals surface area contributed by atoms with Crippen LogP contribution in [0, 0.1) is 0 Å². The molecule has 0 saturated heterocycles. The fraction of sp³-hybridized carbons (Fsp3) is 0.0455. The maximum absolute atomic E-state index is 13.5. The van der Waals surface area contributed by atoms with E-state index < -0.39 is 16.3 Å². The number of aromatic nitrogens is 2. The van der Waals surface area contributed by atoms with E-state index in [1.54, 1.807) is 12.1 Å². The number of hydrogen-bond donors (Lipinski definition) is 5. The molecule has 0 unspecified atom stereocenters. The monoisotopic (exact) mass is 450 g/mol. The quantitative estimate of drug-likeness (QED) is 0.320. The van der Waals surface area contributed by atoms with Crippen molar-refractivity contribution < 1.29 is 19.3 Å². The van der Waals surface area contributed by atoms with Gasteiger partial charge < -0.3 is 15.5 Å². The Morgan fingerprint density at radius 1 is 1.00 bits per heavy atom. The zero-order valence-electron chi connectivity index (χ0n) is 16.5. The number of nitrogens with zero attached hydrogens (tertiary/aromatic N) is 3. The Balaban J connectivity index is 1.75. The summed E-state index contributed by atoms with van der Waals surface area (Å²) in [6.45, 7) is 0.182. The van der Waals surface area contributed by atoms with Crippen molar-refractivity contribution in [3.05, 3.63) is 88.3 Å². The highest BCUT2D eigenvalue weighted by atomic mass is 32.3. The lowest BCUT2D eigenvalue weighted by Crippen LogP contribution is -2.32. The Morgan fingerprint density at radius 2 is 1.78 bits per heavy atom. The van der Waals surface area contributed by atoms with Crippen LogP contribution >= 0.6 is 10.8 Å². The molecule has 5 N–H and O–H groups in total. The van der Waals surface area contributed by atoms with Crippen molar-refractivity contribution in [1.29, 1.82) is 0 Å². The highest BCUT2D eigenvalue weighted by molar-refractivity contribution is 8.23. The summed E-state index contributed by atoms with van der Waals surface area (Å²) in [7, 11) is -3.68. The molecule has 9 nitrogen and oxygen atoms in total. The summed E-state index contributed by atoms with van der Waals surface area (Å²) in [5.41, 5.74) is 0.465. The molecular weight excluding hydrogens is 432 g/mol.